The fourth-order valence-electron chi connectivity index (χ4n) is 3.83. The standard InChI is InChI=1S/C23H30N2O3Si/c1-29(2,3)14-8-6-4-5-7-9-17-10-11-19-18(15-17)16-25(23(19)28)20-12-13-21(26)24-22(20)27/h10-11,15,20H,4-7,9,12-13,16H2,1-3H3,(H,24,26,27). The normalized spacial score (nSPS) is 18.9. The van der Waals surface area contributed by atoms with Crippen LogP contribution in [-0.2, 0) is 22.6 Å². The number of carbonyl (C=O) groups is 3. The number of aryl methyl sites for hydroxylation is 1. The Bertz CT molecular complexity index is 876. The second-order valence-electron chi connectivity index (χ2n) is 9.00. The highest BCUT2D eigenvalue weighted by Gasteiger charge is 2.38. The molecule has 0 aromatic heterocycles. The molecule has 2 aliphatic heterocycles. The zero-order valence-corrected chi connectivity index (χ0v) is 18.6. The van der Waals surface area contributed by atoms with Crippen molar-refractivity contribution in [2.75, 3.05) is 0 Å². The number of nitrogens with zero attached hydrogens (tertiary/aromatic N) is 1. The molecule has 0 radical (unpaired) electrons. The quantitative estimate of drug-likeness (QED) is 0.338. The van der Waals surface area contributed by atoms with Gasteiger partial charge in [-0.15, -0.1) is 11.5 Å². The van der Waals surface area contributed by atoms with Crippen LogP contribution in [0.25, 0.3) is 0 Å². The van der Waals surface area contributed by atoms with Gasteiger partial charge in [-0.25, -0.2) is 0 Å². The number of nitrogens with one attached hydrogen (secondary N) is 1. The number of hydrogen-bond acceptors (Lipinski definition) is 3. The van der Waals surface area contributed by atoms with Crippen molar-refractivity contribution in [1.29, 1.82) is 0 Å². The Labute approximate surface area is 174 Å². The molecule has 0 spiro atoms. The van der Waals surface area contributed by atoms with Crippen molar-refractivity contribution in [2.45, 2.75) is 77.2 Å². The number of hydrogen-bond donors (Lipinski definition) is 1. The lowest BCUT2D eigenvalue weighted by Crippen LogP contribution is -2.52. The molecule has 6 heteroatoms. The van der Waals surface area contributed by atoms with Crippen molar-refractivity contribution in [3.63, 3.8) is 0 Å². The predicted molar refractivity (Wildman–Crippen MR) is 116 cm³/mol. The second-order valence-corrected chi connectivity index (χ2v) is 13.8. The summed E-state index contributed by atoms with van der Waals surface area (Å²) in [6, 6.07) is 5.46. The van der Waals surface area contributed by atoms with Crippen molar-refractivity contribution in [3.8, 4) is 11.5 Å². The van der Waals surface area contributed by atoms with Crippen LogP contribution in [0.2, 0.25) is 19.6 Å². The molecule has 2 heterocycles. The Hall–Kier alpha value is -2.39. The Kier molecular flexibility index (Phi) is 6.58. The highest BCUT2D eigenvalue weighted by molar-refractivity contribution is 6.83. The van der Waals surface area contributed by atoms with E-state index < -0.39 is 14.1 Å². The van der Waals surface area contributed by atoms with Gasteiger partial charge in [-0.05, 0) is 42.9 Å². The molecule has 0 bridgehead atoms. The first-order valence-electron chi connectivity index (χ1n) is 10.5. The van der Waals surface area contributed by atoms with Crippen molar-refractivity contribution < 1.29 is 14.4 Å². The lowest BCUT2D eigenvalue weighted by atomic mass is 10.0. The molecule has 1 fully saturated rings. The first-order valence-corrected chi connectivity index (χ1v) is 14.0. The van der Waals surface area contributed by atoms with Gasteiger partial charge < -0.3 is 4.90 Å². The molecular formula is C23H30N2O3Si. The molecule has 1 N–H and O–H groups in total. The SMILES string of the molecule is C[Si](C)(C)C#CCCCCCc1ccc2c(c1)CN(C1CCC(=O)NC1=O)C2=O. The van der Waals surface area contributed by atoms with Crippen molar-refractivity contribution in [3.05, 3.63) is 34.9 Å². The van der Waals surface area contributed by atoms with Gasteiger partial charge in [-0.2, -0.15) is 0 Å². The Morgan fingerprint density at radius 1 is 1.14 bits per heavy atom. The molecule has 154 valence electrons. The molecule has 5 nitrogen and oxygen atoms in total. The van der Waals surface area contributed by atoms with Gasteiger partial charge >= 0.3 is 0 Å². The summed E-state index contributed by atoms with van der Waals surface area (Å²) in [6.45, 7) is 7.24. The molecule has 3 amide bonds. The van der Waals surface area contributed by atoms with Crippen LogP contribution in [0, 0.1) is 11.5 Å². The van der Waals surface area contributed by atoms with Gasteiger partial charge in [0.25, 0.3) is 5.91 Å². The molecule has 3 rings (SSSR count). The van der Waals surface area contributed by atoms with E-state index in [4.69, 9.17) is 0 Å². The molecule has 1 aromatic carbocycles. The van der Waals surface area contributed by atoms with Crippen molar-refractivity contribution in [2.24, 2.45) is 0 Å². The van der Waals surface area contributed by atoms with E-state index in [0.717, 1.165) is 37.7 Å². The summed E-state index contributed by atoms with van der Waals surface area (Å²) in [5.74, 6) is 2.59. The van der Waals surface area contributed by atoms with E-state index in [1.54, 1.807) is 4.90 Å². The van der Waals surface area contributed by atoms with E-state index in [1.165, 1.54) is 5.56 Å². The third-order valence-electron chi connectivity index (χ3n) is 5.32. The average molecular weight is 411 g/mol. The van der Waals surface area contributed by atoms with Crippen LogP contribution in [0.4, 0.5) is 0 Å². The van der Waals surface area contributed by atoms with E-state index in [9.17, 15) is 14.4 Å². The van der Waals surface area contributed by atoms with Crippen LogP contribution in [0.3, 0.4) is 0 Å². The van der Waals surface area contributed by atoms with Gasteiger partial charge in [0.05, 0.1) is 0 Å². The van der Waals surface area contributed by atoms with Crippen molar-refractivity contribution >= 4 is 25.8 Å². The maximum atomic E-state index is 12.7. The maximum absolute atomic E-state index is 12.7. The van der Waals surface area contributed by atoms with Crippen LogP contribution >= 0.6 is 0 Å². The van der Waals surface area contributed by atoms with Crippen LogP contribution in [0.5, 0.6) is 0 Å². The molecule has 0 saturated carbocycles. The summed E-state index contributed by atoms with van der Waals surface area (Å²) in [5.41, 5.74) is 6.30. The molecule has 29 heavy (non-hydrogen) atoms. The molecular weight excluding hydrogens is 380 g/mol. The first kappa shape index (κ1) is 21.3. The molecule has 1 aromatic rings. The molecule has 1 atom stereocenters. The zero-order chi connectivity index (χ0) is 21.0. The smallest absolute Gasteiger partial charge is 0.255 e. The predicted octanol–water partition coefficient (Wildman–Crippen LogP) is 3.43. The third-order valence-corrected chi connectivity index (χ3v) is 6.25. The maximum Gasteiger partial charge on any atom is 0.255 e. The van der Waals surface area contributed by atoms with E-state index in [2.05, 4.69) is 42.5 Å². The minimum atomic E-state index is -1.25. The van der Waals surface area contributed by atoms with E-state index >= 15 is 0 Å². The van der Waals surface area contributed by atoms with Crippen LogP contribution in [-0.4, -0.2) is 36.7 Å². The summed E-state index contributed by atoms with van der Waals surface area (Å²) in [5, 5.41) is 2.34. The van der Waals surface area contributed by atoms with Gasteiger partial charge in [0, 0.05) is 24.9 Å². The average Bonchev–Trinajstić information content (AvgIpc) is 2.96. The number of unbranched alkanes of at least 4 members (excludes halogenated alkanes) is 3. The second kappa shape index (κ2) is 8.96. The number of benzene rings is 1. The minimum absolute atomic E-state index is 0.109. The number of imide groups is 1. The van der Waals surface area contributed by atoms with Crippen LogP contribution in [0.1, 0.15) is 60.0 Å². The van der Waals surface area contributed by atoms with Gasteiger partial charge in [-0.1, -0.05) is 38.2 Å². The summed E-state index contributed by atoms with van der Waals surface area (Å²) >= 11 is 0. The molecule has 0 aliphatic carbocycles. The highest BCUT2D eigenvalue weighted by atomic mass is 28.3. The van der Waals surface area contributed by atoms with Gasteiger partial charge in [0.1, 0.15) is 14.1 Å². The first-order chi connectivity index (χ1) is 13.7. The lowest BCUT2D eigenvalue weighted by Gasteiger charge is -2.29. The number of amides is 3. The topological polar surface area (TPSA) is 66.5 Å². The Morgan fingerprint density at radius 2 is 1.93 bits per heavy atom. The summed E-state index contributed by atoms with van der Waals surface area (Å²) in [4.78, 5) is 37.8. The summed E-state index contributed by atoms with van der Waals surface area (Å²) in [6.07, 6.45) is 6.04. The van der Waals surface area contributed by atoms with Crippen molar-refractivity contribution in [1.82, 2.24) is 10.2 Å². The van der Waals surface area contributed by atoms with E-state index in [-0.39, 0.29) is 24.1 Å². The Balaban J connectivity index is 1.51. The molecule has 1 saturated heterocycles. The van der Waals surface area contributed by atoms with Gasteiger partial charge in [0.2, 0.25) is 11.8 Å². The summed E-state index contributed by atoms with van der Waals surface area (Å²) < 4.78 is 0. The Morgan fingerprint density at radius 3 is 2.66 bits per heavy atom. The van der Waals surface area contributed by atoms with E-state index in [0.29, 0.717) is 18.5 Å². The molecule has 2 aliphatic rings. The highest BCUT2D eigenvalue weighted by Crippen LogP contribution is 2.28. The fourth-order valence-corrected chi connectivity index (χ4v) is 4.49. The van der Waals surface area contributed by atoms with Gasteiger partial charge in [-0.3, -0.25) is 19.7 Å². The monoisotopic (exact) mass is 410 g/mol. The number of rotatable bonds is 6. The molecule has 1 unspecified atom stereocenters. The van der Waals surface area contributed by atoms with E-state index in [1.807, 2.05) is 12.1 Å². The summed E-state index contributed by atoms with van der Waals surface area (Å²) in [7, 11) is -1.25. The zero-order valence-electron chi connectivity index (χ0n) is 17.6. The largest absolute Gasteiger partial charge is 0.322 e. The van der Waals surface area contributed by atoms with Gasteiger partial charge in [0.15, 0.2) is 0 Å². The lowest BCUT2D eigenvalue weighted by molar-refractivity contribution is -0.136. The number of carbonyl (C=O) groups excluding carboxylic acids is 3. The fraction of sp³-hybridized carbons (Fsp3) is 0.522. The number of piperidine rings is 1. The number of fused-ring (bicyclic) bond motifs is 1. The minimum Gasteiger partial charge on any atom is -0.322 e. The van der Waals surface area contributed by atoms with Crippen LogP contribution in [0.15, 0.2) is 18.2 Å². The third kappa shape index (κ3) is 5.57. The van der Waals surface area contributed by atoms with Crippen LogP contribution < -0.4 is 5.32 Å².